The maximum absolute atomic E-state index is 11.2. The average Bonchev–Trinajstić information content (AvgIpc) is 2.71. The molecule has 0 aromatic carbocycles. The lowest BCUT2D eigenvalue weighted by Crippen LogP contribution is -2.41. The van der Waals surface area contributed by atoms with Gasteiger partial charge in [0.25, 0.3) is 10.8 Å². The van der Waals surface area contributed by atoms with E-state index in [-0.39, 0.29) is 0 Å². The van der Waals surface area contributed by atoms with Gasteiger partial charge in [-0.1, -0.05) is 5.21 Å². The van der Waals surface area contributed by atoms with Crippen LogP contribution >= 0.6 is 0 Å². The van der Waals surface area contributed by atoms with Gasteiger partial charge >= 0.3 is 0 Å². The van der Waals surface area contributed by atoms with Crippen LogP contribution in [0.4, 0.5) is 0 Å². The van der Waals surface area contributed by atoms with Crippen LogP contribution < -0.4 is 15.4 Å². The molecule has 0 amide bonds. The highest BCUT2D eigenvalue weighted by molar-refractivity contribution is 5.44. The van der Waals surface area contributed by atoms with Crippen molar-refractivity contribution in [1.82, 2.24) is 25.7 Å². The zero-order valence-electron chi connectivity index (χ0n) is 6.98. The fraction of sp³-hybridized carbons (Fsp3) is 0.167. The van der Waals surface area contributed by atoms with Crippen LogP contribution in [0.5, 0.6) is 0 Å². The van der Waals surface area contributed by atoms with Gasteiger partial charge in [-0.25, -0.2) is 4.99 Å². The van der Waals surface area contributed by atoms with E-state index in [4.69, 9.17) is 0 Å². The second kappa shape index (κ2) is 2.37. The van der Waals surface area contributed by atoms with Crippen molar-refractivity contribution in [1.29, 1.82) is 0 Å². The Morgan fingerprint density at radius 1 is 1.43 bits per heavy atom. The second-order valence-corrected chi connectivity index (χ2v) is 2.88. The van der Waals surface area contributed by atoms with Crippen LogP contribution in [0.15, 0.2) is 4.99 Å². The highest BCUT2D eigenvalue weighted by Crippen LogP contribution is 2.03. The highest BCUT2D eigenvalue weighted by Gasteiger charge is 2.13. The monoisotopic (exact) mass is 192 g/mol. The minimum atomic E-state index is 0.406. The van der Waals surface area contributed by atoms with Crippen molar-refractivity contribution in [2.45, 2.75) is 6.54 Å². The molecule has 3 rings (SSSR count). The Morgan fingerprint density at radius 3 is 3.29 bits per heavy atom. The third-order valence-electron chi connectivity index (χ3n) is 2.05. The molecule has 2 aromatic rings. The molecular formula is C6H6N7O+. The van der Waals surface area contributed by atoms with E-state index in [0.717, 1.165) is 5.69 Å². The summed E-state index contributed by atoms with van der Waals surface area (Å²) in [4.78, 5) is 15.4. The van der Waals surface area contributed by atoms with E-state index in [0.29, 0.717) is 27.6 Å². The fourth-order valence-electron chi connectivity index (χ4n) is 1.35. The van der Waals surface area contributed by atoms with Gasteiger partial charge in [0.2, 0.25) is 0 Å². The van der Waals surface area contributed by atoms with E-state index >= 15 is 0 Å². The molecule has 0 bridgehead atoms. The topological polar surface area (TPSA) is 108 Å². The highest BCUT2D eigenvalue weighted by atomic mass is 16.3. The lowest BCUT2D eigenvalue weighted by Gasteiger charge is -1.83. The van der Waals surface area contributed by atoms with E-state index < -0.39 is 0 Å². The van der Waals surface area contributed by atoms with Crippen LogP contribution in [0, 0.1) is 4.91 Å². The van der Waals surface area contributed by atoms with Crippen LogP contribution in [0.25, 0.3) is 6.08 Å². The molecule has 8 heteroatoms. The molecule has 0 spiro atoms. The van der Waals surface area contributed by atoms with Crippen molar-refractivity contribution in [2.24, 2.45) is 4.99 Å². The Bertz CT molecular complexity index is 644. The number of nitrogens with zero attached hydrogens (tertiary/aromatic N) is 4. The third kappa shape index (κ3) is 0.843. The molecule has 1 aliphatic rings. The molecule has 0 saturated heterocycles. The summed E-state index contributed by atoms with van der Waals surface area (Å²) in [6.45, 7) is 0.406. The van der Waals surface area contributed by atoms with Gasteiger partial charge in [0.05, 0.1) is 11.1 Å². The van der Waals surface area contributed by atoms with Gasteiger partial charge in [0.1, 0.15) is 11.4 Å². The normalized spacial score (nSPS) is 13.4. The van der Waals surface area contributed by atoms with Crippen LogP contribution in [-0.4, -0.2) is 25.7 Å². The predicted molar refractivity (Wildman–Crippen MR) is 42.9 cm³/mol. The first-order chi connectivity index (χ1) is 6.84. The van der Waals surface area contributed by atoms with Crippen LogP contribution in [0.2, 0.25) is 0 Å². The third-order valence-corrected chi connectivity index (χ3v) is 2.05. The molecular weight excluding hydrogens is 186 g/mol. The molecule has 0 aliphatic carbocycles. The molecule has 0 unspecified atom stereocenters. The lowest BCUT2D eigenvalue weighted by atomic mass is 10.3. The summed E-state index contributed by atoms with van der Waals surface area (Å²) in [5, 5.41) is 15.8. The zero-order valence-corrected chi connectivity index (χ0v) is 6.98. The summed E-state index contributed by atoms with van der Waals surface area (Å²) in [5.41, 5.74) is 1.89. The quantitative estimate of drug-likeness (QED) is 0.396. The Labute approximate surface area is 75.9 Å². The summed E-state index contributed by atoms with van der Waals surface area (Å²) >= 11 is 0. The van der Waals surface area contributed by atoms with Gasteiger partial charge in [0, 0.05) is 6.08 Å². The number of hydrogen-bond acceptors (Lipinski definition) is 4. The van der Waals surface area contributed by atoms with Gasteiger partial charge in [-0.05, 0) is 4.91 Å². The second-order valence-electron chi connectivity index (χ2n) is 2.88. The van der Waals surface area contributed by atoms with Crippen molar-refractivity contribution in [3.05, 3.63) is 27.1 Å². The van der Waals surface area contributed by atoms with Gasteiger partial charge in [-0.3, -0.25) is 0 Å². The number of aromatic nitrogens is 6. The molecule has 0 atom stereocenters. The van der Waals surface area contributed by atoms with Gasteiger partial charge in [0.15, 0.2) is 0 Å². The van der Waals surface area contributed by atoms with E-state index in [2.05, 4.69) is 30.7 Å². The standard InChI is InChI=1S/C6H6N7O/c14-13-5-1-3-4(9-11-8-3)2-7-6(5)10-12-13/h1H,2H2,(H,7,10)(H,12,14)(H,8,9,11)/q+1. The minimum Gasteiger partial charge on any atom is -0.235 e. The number of hydrogen-bond donors (Lipinski definition) is 3. The first-order valence-corrected chi connectivity index (χ1v) is 3.99. The molecule has 2 aromatic heterocycles. The number of aromatic amines is 3. The number of rotatable bonds is 0. The molecule has 0 fully saturated rings. The Hall–Kier alpha value is -2.25. The smallest absolute Gasteiger partial charge is 0.235 e. The first kappa shape index (κ1) is 7.18. The molecule has 8 nitrogen and oxygen atoms in total. The molecule has 3 N–H and O–H groups in total. The van der Waals surface area contributed by atoms with E-state index in [9.17, 15) is 4.91 Å². The molecule has 70 valence electrons. The Balaban J connectivity index is 2.47. The maximum Gasteiger partial charge on any atom is 0.287 e. The largest absolute Gasteiger partial charge is 0.287 e. The number of nitrogens with one attached hydrogen (secondary N) is 3. The van der Waals surface area contributed by atoms with Crippen molar-refractivity contribution >= 4 is 6.08 Å². The van der Waals surface area contributed by atoms with Crippen LogP contribution in [0.3, 0.4) is 0 Å². The average molecular weight is 192 g/mol. The molecule has 1 aliphatic heterocycles. The van der Waals surface area contributed by atoms with Crippen LogP contribution in [-0.2, 0) is 6.54 Å². The Morgan fingerprint density at radius 2 is 2.36 bits per heavy atom. The van der Waals surface area contributed by atoms with E-state index in [1.54, 1.807) is 6.08 Å². The summed E-state index contributed by atoms with van der Waals surface area (Å²) < 4.78 is 0.600. The Kier molecular flexibility index (Phi) is 1.22. The molecule has 14 heavy (non-hydrogen) atoms. The summed E-state index contributed by atoms with van der Waals surface area (Å²) in [5.74, 6) is 0. The first-order valence-electron chi connectivity index (χ1n) is 3.99. The van der Waals surface area contributed by atoms with Gasteiger partial charge in [-0.2, -0.15) is 20.5 Å². The summed E-state index contributed by atoms with van der Waals surface area (Å²) in [6, 6.07) is 0. The zero-order chi connectivity index (χ0) is 9.54. The van der Waals surface area contributed by atoms with Gasteiger partial charge < -0.3 is 0 Å². The van der Waals surface area contributed by atoms with Gasteiger partial charge in [-0.15, -0.1) is 0 Å². The summed E-state index contributed by atoms with van der Waals surface area (Å²) in [6.07, 6.45) is 1.63. The maximum atomic E-state index is 11.2. The predicted octanol–water partition coefficient (Wildman–Crippen LogP) is -2.66. The van der Waals surface area contributed by atoms with Crippen molar-refractivity contribution in [3.63, 3.8) is 0 Å². The molecule has 0 saturated carbocycles. The fourth-order valence-corrected chi connectivity index (χ4v) is 1.35. The number of H-pyrrole nitrogens is 3. The lowest BCUT2D eigenvalue weighted by molar-refractivity contribution is -0.577. The van der Waals surface area contributed by atoms with Crippen molar-refractivity contribution in [2.75, 3.05) is 0 Å². The van der Waals surface area contributed by atoms with Crippen molar-refractivity contribution in [3.8, 4) is 0 Å². The van der Waals surface area contributed by atoms with E-state index in [1.807, 2.05) is 0 Å². The van der Waals surface area contributed by atoms with Crippen molar-refractivity contribution < 1.29 is 4.54 Å². The van der Waals surface area contributed by atoms with Crippen LogP contribution in [0.1, 0.15) is 11.4 Å². The number of fused-ring (bicyclic) bond motifs is 2. The minimum absolute atomic E-state index is 0.406. The summed E-state index contributed by atoms with van der Waals surface area (Å²) in [7, 11) is 0. The van der Waals surface area contributed by atoms with E-state index in [1.165, 1.54) is 0 Å². The molecule has 3 heterocycles. The SMILES string of the molecule is O=[n+]1[nH][nH]c2c1=Cc1n[nH]nc1CN=2. The molecule has 0 radical (unpaired) electrons.